The van der Waals surface area contributed by atoms with E-state index in [1.165, 1.54) is 0 Å². The van der Waals surface area contributed by atoms with Gasteiger partial charge in [-0.2, -0.15) is 0 Å². The van der Waals surface area contributed by atoms with E-state index in [1.54, 1.807) is 6.07 Å². The van der Waals surface area contributed by atoms with Gasteiger partial charge in [0.25, 0.3) is 5.91 Å². The van der Waals surface area contributed by atoms with E-state index in [0.717, 1.165) is 36.1 Å². The zero-order valence-electron chi connectivity index (χ0n) is 14.4. The molecule has 4 rings (SSSR count). The molecule has 6 heteroatoms. The number of allylic oxidation sites excluding steroid dienone is 1. The van der Waals surface area contributed by atoms with Crippen molar-refractivity contribution in [1.29, 1.82) is 0 Å². The number of hydrogen-bond donors (Lipinski definition) is 2. The number of phenolic OH excluding ortho intramolecular Hbond substituents is 1. The topological polar surface area (TPSA) is 66.4 Å². The highest BCUT2D eigenvalue weighted by Crippen LogP contribution is 2.37. The average molecular weight is 491 g/mol. The van der Waals surface area contributed by atoms with Crippen LogP contribution in [0.1, 0.15) is 40.7 Å². The van der Waals surface area contributed by atoms with E-state index in [4.69, 9.17) is 0 Å². The van der Waals surface area contributed by atoms with E-state index in [0.29, 0.717) is 26.5 Å². The fourth-order valence-corrected chi connectivity index (χ4v) is 4.55. The maximum Gasteiger partial charge on any atom is 0.256 e. The number of carbonyl (C=O) groups is 2. The molecule has 138 valence electrons. The van der Waals surface area contributed by atoms with Crippen molar-refractivity contribution < 1.29 is 14.7 Å². The fourth-order valence-electron chi connectivity index (χ4n) is 3.27. The number of phenols is 1. The van der Waals surface area contributed by atoms with Crippen LogP contribution in [0.3, 0.4) is 0 Å². The molecule has 2 aliphatic rings. The Hall–Kier alpha value is -1.92. The molecule has 0 radical (unpaired) electrons. The molecule has 0 bridgehead atoms. The molecule has 2 aromatic carbocycles. The van der Waals surface area contributed by atoms with Crippen LogP contribution in [0.4, 0.5) is 5.69 Å². The standard InChI is InChI=1S/C21H17Br2NO3/c22-16-8-11(9-17(23)20(16)26)2-1-3-14-15-10-13(19(25)12-4-5-12)6-7-18(15)24-21(14)27/h3,6-10,12,26H,1-2,4-5H2,(H,24,27)/b14-3-. The van der Waals surface area contributed by atoms with Crippen LogP contribution in [0.2, 0.25) is 0 Å². The first-order valence-corrected chi connectivity index (χ1v) is 10.4. The van der Waals surface area contributed by atoms with Gasteiger partial charge in [0.2, 0.25) is 0 Å². The van der Waals surface area contributed by atoms with E-state index in [9.17, 15) is 14.7 Å². The van der Waals surface area contributed by atoms with Crippen molar-refractivity contribution in [2.45, 2.75) is 25.7 Å². The summed E-state index contributed by atoms with van der Waals surface area (Å²) in [5.41, 5.74) is 3.91. The molecule has 1 aliphatic heterocycles. The second-order valence-corrected chi connectivity index (χ2v) is 8.63. The molecule has 0 atom stereocenters. The summed E-state index contributed by atoms with van der Waals surface area (Å²) in [5, 5.41) is 12.7. The van der Waals surface area contributed by atoms with E-state index in [1.807, 2.05) is 30.3 Å². The van der Waals surface area contributed by atoms with Crippen molar-refractivity contribution in [3.05, 3.63) is 62.0 Å². The van der Waals surface area contributed by atoms with Crippen molar-refractivity contribution in [1.82, 2.24) is 0 Å². The van der Waals surface area contributed by atoms with Crippen molar-refractivity contribution >= 4 is 54.8 Å². The summed E-state index contributed by atoms with van der Waals surface area (Å²) < 4.78 is 1.26. The molecular weight excluding hydrogens is 474 g/mol. The Balaban J connectivity index is 1.55. The second kappa shape index (κ2) is 7.24. The minimum absolute atomic E-state index is 0.130. The maximum absolute atomic E-state index is 12.3. The summed E-state index contributed by atoms with van der Waals surface area (Å²) in [5.74, 6) is 0.380. The molecule has 2 N–H and O–H groups in total. The lowest BCUT2D eigenvalue weighted by Gasteiger charge is -2.05. The van der Waals surface area contributed by atoms with Crippen LogP contribution in [0.15, 0.2) is 45.4 Å². The van der Waals surface area contributed by atoms with Gasteiger partial charge in [-0.3, -0.25) is 9.59 Å². The van der Waals surface area contributed by atoms with Gasteiger partial charge in [0.05, 0.1) is 8.95 Å². The molecule has 1 saturated carbocycles. The predicted molar refractivity (Wildman–Crippen MR) is 112 cm³/mol. The summed E-state index contributed by atoms with van der Waals surface area (Å²) in [6, 6.07) is 9.20. The zero-order chi connectivity index (χ0) is 19.1. The third-order valence-electron chi connectivity index (χ3n) is 4.89. The summed E-state index contributed by atoms with van der Waals surface area (Å²) in [7, 11) is 0. The number of carbonyl (C=O) groups excluding carboxylic acids is 2. The van der Waals surface area contributed by atoms with Gasteiger partial charge in [-0.25, -0.2) is 0 Å². The smallest absolute Gasteiger partial charge is 0.256 e. The highest BCUT2D eigenvalue weighted by molar-refractivity contribution is 9.11. The highest BCUT2D eigenvalue weighted by Gasteiger charge is 2.32. The van der Waals surface area contributed by atoms with E-state index < -0.39 is 0 Å². The lowest BCUT2D eigenvalue weighted by molar-refractivity contribution is -0.110. The number of aromatic hydroxyl groups is 1. The van der Waals surface area contributed by atoms with Gasteiger partial charge in [0.1, 0.15) is 5.75 Å². The van der Waals surface area contributed by atoms with Gasteiger partial charge >= 0.3 is 0 Å². The van der Waals surface area contributed by atoms with Crippen LogP contribution >= 0.6 is 31.9 Å². The number of amides is 1. The first-order chi connectivity index (χ1) is 12.9. The number of fused-ring (bicyclic) bond motifs is 1. The molecule has 0 spiro atoms. The van der Waals surface area contributed by atoms with Gasteiger partial charge in [-0.05, 0) is 93.4 Å². The van der Waals surface area contributed by atoms with Gasteiger partial charge in [-0.1, -0.05) is 6.08 Å². The molecule has 0 aromatic heterocycles. The summed E-state index contributed by atoms with van der Waals surface area (Å²) in [6.07, 6.45) is 5.25. The van der Waals surface area contributed by atoms with Gasteiger partial charge in [0.15, 0.2) is 5.78 Å². The Morgan fingerprint density at radius 3 is 2.56 bits per heavy atom. The van der Waals surface area contributed by atoms with Crippen LogP contribution in [0.25, 0.3) is 5.57 Å². The zero-order valence-corrected chi connectivity index (χ0v) is 17.6. The number of nitrogens with one attached hydrogen (secondary N) is 1. The molecule has 1 aliphatic carbocycles. The van der Waals surface area contributed by atoms with E-state index in [2.05, 4.69) is 37.2 Å². The van der Waals surface area contributed by atoms with Crippen LogP contribution in [0.5, 0.6) is 5.75 Å². The molecule has 1 heterocycles. The summed E-state index contributed by atoms with van der Waals surface area (Å²) >= 11 is 6.67. The molecule has 1 fully saturated rings. The number of hydrogen-bond acceptors (Lipinski definition) is 3. The quantitative estimate of drug-likeness (QED) is 0.431. The number of Topliss-reactive ketones (excluding diaryl/α,β-unsaturated/α-hetero) is 1. The largest absolute Gasteiger partial charge is 0.506 e. The number of aryl methyl sites for hydroxylation is 1. The van der Waals surface area contributed by atoms with Crippen molar-refractivity contribution in [3.63, 3.8) is 0 Å². The van der Waals surface area contributed by atoms with Gasteiger partial charge in [-0.15, -0.1) is 0 Å². The monoisotopic (exact) mass is 489 g/mol. The lowest BCUT2D eigenvalue weighted by atomic mass is 9.99. The average Bonchev–Trinajstić information content (AvgIpc) is 3.44. The number of halogens is 2. The highest BCUT2D eigenvalue weighted by atomic mass is 79.9. The SMILES string of the molecule is O=C1Nc2ccc(C(=O)C3CC3)cc2/C1=C/CCc1cc(Br)c(O)c(Br)c1. The summed E-state index contributed by atoms with van der Waals surface area (Å²) in [4.78, 5) is 24.7. The third-order valence-corrected chi connectivity index (χ3v) is 6.10. The molecule has 27 heavy (non-hydrogen) atoms. The number of benzene rings is 2. The molecule has 0 unspecified atom stereocenters. The Kier molecular flexibility index (Phi) is 4.95. The van der Waals surface area contributed by atoms with Gasteiger partial charge < -0.3 is 10.4 Å². The Bertz CT molecular complexity index is 970. The predicted octanol–water partition coefficient (Wildman–Crippen LogP) is 5.48. The van der Waals surface area contributed by atoms with E-state index >= 15 is 0 Å². The molecule has 1 amide bonds. The Morgan fingerprint density at radius 1 is 1.19 bits per heavy atom. The first kappa shape index (κ1) is 18.4. The van der Waals surface area contributed by atoms with Crippen molar-refractivity contribution in [2.75, 3.05) is 5.32 Å². The van der Waals surface area contributed by atoms with E-state index in [-0.39, 0.29) is 23.4 Å². The van der Waals surface area contributed by atoms with Gasteiger partial charge in [0, 0.05) is 28.3 Å². The normalized spacial score (nSPS) is 17.1. The number of rotatable bonds is 5. The first-order valence-electron chi connectivity index (χ1n) is 8.81. The lowest BCUT2D eigenvalue weighted by Crippen LogP contribution is -2.03. The van der Waals surface area contributed by atoms with Crippen LogP contribution in [-0.2, 0) is 11.2 Å². The number of anilines is 1. The minimum Gasteiger partial charge on any atom is -0.506 e. The summed E-state index contributed by atoms with van der Waals surface area (Å²) in [6.45, 7) is 0. The maximum atomic E-state index is 12.3. The van der Waals surface area contributed by atoms with Crippen LogP contribution in [-0.4, -0.2) is 16.8 Å². The Morgan fingerprint density at radius 2 is 1.89 bits per heavy atom. The minimum atomic E-state index is -0.130. The van der Waals surface area contributed by atoms with Crippen molar-refractivity contribution in [2.24, 2.45) is 5.92 Å². The van der Waals surface area contributed by atoms with Crippen LogP contribution in [0, 0.1) is 5.92 Å². The molecule has 0 saturated heterocycles. The fraction of sp³-hybridized carbons (Fsp3) is 0.238. The second-order valence-electron chi connectivity index (χ2n) is 6.92. The Labute approximate surface area is 173 Å². The number of ketones is 1. The molecule has 2 aromatic rings. The molecule has 4 nitrogen and oxygen atoms in total. The molecular formula is C21H17Br2NO3. The van der Waals surface area contributed by atoms with Crippen molar-refractivity contribution in [3.8, 4) is 5.75 Å². The third kappa shape index (κ3) is 3.73. The van der Waals surface area contributed by atoms with Crippen LogP contribution < -0.4 is 5.32 Å².